The van der Waals surface area contributed by atoms with Crippen molar-refractivity contribution in [1.82, 2.24) is 0 Å². The topological polar surface area (TPSA) is 0 Å². The van der Waals surface area contributed by atoms with E-state index in [-0.39, 0.29) is 0 Å². The molecular weight excluding hydrogens is 254 g/mol. The van der Waals surface area contributed by atoms with E-state index in [1.165, 1.54) is 12.8 Å². The SMILES string of the molecule is FC(I)(C1CCCC1)C1CC1. The first-order valence-electron chi connectivity index (χ1n) is 4.59. The molecule has 0 aliphatic heterocycles. The molecule has 1 unspecified atom stereocenters. The number of hydrogen-bond acceptors (Lipinski definition) is 0. The molecule has 1 atom stereocenters. The molecule has 0 spiro atoms. The average Bonchev–Trinajstić information content (AvgIpc) is 2.66. The molecule has 0 radical (unpaired) electrons. The standard InChI is InChI=1S/C9H14FI/c10-9(11,8-5-6-8)7-3-1-2-4-7/h7-8H,1-6H2. The molecule has 0 N–H and O–H groups in total. The second-order valence-electron chi connectivity index (χ2n) is 3.93. The second-order valence-corrected chi connectivity index (χ2v) is 5.58. The molecule has 2 saturated carbocycles. The molecule has 64 valence electrons. The van der Waals surface area contributed by atoms with Crippen molar-refractivity contribution in [2.45, 2.75) is 42.2 Å². The zero-order valence-electron chi connectivity index (χ0n) is 6.65. The van der Waals surface area contributed by atoms with Crippen molar-refractivity contribution in [2.24, 2.45) is 11.8 Å². The Hall–Kier alpha value is 0.660. The molecule has 0 amide bonds. The summed E-state index contributed by atoms with van der Waals surface area (Å²) in [4.78, 5) is 0. The lowest BCUT2D eigenvalue weighted by Gasteiger charge is -2.24. The van der Waals surface area contributed by atoms with E-state index in [1.807, 2.05) is 0 Å². The predicted octanol–water partition coefficient (Wildman–Crippen LogP) is 3.69. The first-order valence-corrected chi connectivity index (χ1v) is 5.67. The van der Waals surface area contributed by atoms with Crippen LogP contribution in [0.3, 0.4) is 0 Å². The molecule has 2 rings (SSSR count). The van der Waals surface area contributed by atoms with Gasteiger partial charge >= 0.3 is 0 Å². The molecule has 2 fully saturated rings. The summed E-state index contributed by atoms with van der Waals surface area (Å²) in [5.41, 5.74) is 0. The highest BCUT2D eigenvalue weighted by atomic mass is 127. The van der Waals surface area contributed by atoms with Crippen molar-refractivity contribution in [2.75, 3.05) is 0 Å². The van der Waals surface area contributed by atoms with Gasteiger partial charge < -0.3 is 0 Å². The lowest BCUT2D eigenvalue weighted by molar-refractivity contribution is 0.182. The van der Waals surface area contributed by atoms with E-state index >= 15 is 0 Å². The molecule has 2 heteroatoms. The van der Waals surface area contributed by atoms with E-state index in [9.17, 15) is 4.39 Å². The van der Waals surface area contributed by atoms with Crippen LogP contribution in [0.15, 0.2) is 0 Å². The Kier molecular flexibility index (Phi) is 2.15. The molecule has 0 aromatic carbocycles. The maximum atomic E-state index is 14.0. The third-order valence-corrected chi connectivity index (χ3v) is 4.78. The van der Waals surface area contributed by atoms with Gasteiger partial charge in [0.15, 0.2) is 3.68 Å². The zero-order valence-corrected chi connectivity index (χ0v) is 8.81. The van der Waals surface area contributed by atoms with Gasteiger partial charge in [-0.3, -0.25) is 0 Å². The molecule has 0 saturated heterocycles. The zero-order chi connectivity index (χ0) is 7.90. The maximum absolute atomic E-state index is 14.0. The van der Waals surface area contributed by atoms with Gasteiger partial charge in [-0.2, -0.15) is 0 Å². The molecule has 0 bridgehead atoms. The molecular formula is C9H14FI. The molecule has 2 aliphatic carbocycles. The second kappa shape index (κ2) is 2.86. The van der Waals surface area contributed by atoms with E-state index in [4.69, 9.17) is 0 Å². The Bertz CT molecular complexity index is 146. The number of alkyl halides is 2. The number of hydrogen-bond donors (Lipinski definition) is 0. The van der Waals surface area contributed by atoms with Crippen molar-refractivity contribution in [3.05, 3.63) is 0 Å². The molecule has 0 nitrogen and oxygen atoms in total. The lowest BCUT2D eigenvalue weighted by Crippen LogP contribution is -2.26. The smallest absolute Gasteiger partial charge is 0.166 e. The first-order chi connectivity index (χ1) is 5.21. The first kappa shape index (κ1) is 8.27. The van der Waals surface area contributed by atoms with Crippen LogP contribution in [0.5, 0.6) is 0 Å². The molecule has 0 aromatic rings. The summed E-state index contributed by atoms with van der Waals surface area (Å²) >= 11 is 2.06. The minimum Gasteiger partial charge on any atom is -0.232 e. The van der Waals surface area contributed by atoms with E-state index in [0.29, 0.717) is 11.8 Å². The largest absolute Gasteiger partial charge is 0.232 e. The normalized spacial score (nSPS) is 32.2. The summed E-state index contributed by atoms with van der Waals surface area (Å²) in [7, 11) is 0. The Labute approximate surface area is 81.1 Å². The van der Waals surface area contributed by atoms with E-state index in [2.05, 4.69) is 22.6 Å². The van der Waals surface area contributed by atoms with Gasteiger partial charge in [-0.25, -0.2) is 4.39 Å². The lowest BCUT2D eigenvalue weighted by atomic mass is 9.98. The van der Waals surface area contributed by atoms with E-state index < -0.39 is 3.68 Å². The highest BCUT2D eigenvalue weighted by Crippen LogP contribution is 2.54. The van der Waals surface area contributed by atoms with Gasteiger partial charge in [0.1, 0.15) is 0 Å². The third kappa shape index (κ3) is 1.56. The summed E-state index contributed by atoms with van der Waals surface area (Å²) in [5, 5.41) is 0. The summed E-state index contributed by atoms with van der Waals surface area (Å²) in [6.45, 7) is 0. The summed E-state index contributed by atoms with van der Waals surface area (Å²) < 4.78 is 13.1. The Morgan fingerprint density at radius 3 is 1.91 bits per heavy atom. The van der Waals surface area contributed by atoms with Crippen LogP contribution in [0, 0.1) is 11.8 Å². The van der Waals surface area contributed by atoms with Crippen LogP contribution in [-0.4, -0.2) is 3.68 Å². The van der Waals surface area contributed by atoms with Crippen LogP contribution in [0.25, 0.3) is 0 Å². The molecule has 0 aromatic heterocycles. The minimum absolute atomic E-state index is 0.385. The number of halogens is 2. The van der Waals surface area contributed by atoms with Crippen LogP contribution < -0.4 is 0 Å². The molecule has 11 heavy (non-hydrogen) atoms. The quantitative estimate of drug-likeness (QED) is 0.529. The Morgan fingerprint density at radius 2 is 1.45 bits per heavy atom. The van der Waals surface area contributed by atoms with Crippen molar-refractivity contribution in [1.29, 1.82) is 0 Å². The molecule has 2 aliphatic rings. The fourth-order valence-electron chi connectivity index (χ4n) is 2.11. The minimum atomic E-state index is -0.839. The van der Waals surface area contributed by atoms with Crippen molar-refractivity contribution >= 4 is 22.6 Å². The van der Waals surface area contributed by atoms with Crippen LogP contribution in [0.4, 0.5) is 4.39 Å². The maximum Gasteiger partial charge on any atom is 0.166 e. The van der Waals surface area contributed by atoms with E-state index in [0.717, 1.165) is 25.7 Å². The van der Waals surface area contributed by atoms with E-state index in [1.54, 1.807) is 0 Å². The van der Waals surface area contributed by atoms with Gasteiger partial charge in [0.25, 0.3) is 0 Å². The highest BCUT2D eigenvalue weighted by Gasteiger charge is 2.49. The predicted molar refractivity (Wildman–Crippen MR) is 52.5 cm³/mol. The average molecular weight is 268 g/mol. The van der Waals surface area contributed by atoms with Gasteiger partial charge in [0.05, 0.1) is 0 Å². The van der Waals surface area contributed by atoms with Crippen LogP contribution in [0.1, 0.15) is 38.5 Å². The van der Waals surface area contributed by atoms with Gasteiger partial charge in [0.2, 0.25) is 0 Å². The summed E-state index contributed by atoms with van der Waals surface area (Å²) in [6, 6.07) is 0. The Balaban J connectivity index is 1.99. The van der Waals surface area contributed by atoms with Crippen LogP contribution >= 0.6 is 22.6 Å². The summed E-state index contributed by atoms with van der Waals surface area (Å²) in [6.07, 6.45) is 7.05. The van der Waals surface area contributed by atoms with Gasteiger partial charge in [-0.05, 0) is 48.3 Å². The van der Waals surface area contributed by atoms with Crippen molar-refractivity contribution in [3.8, 4) is 0 Å². The Morgan fingerprint density at radius 1 is 1.00 bits per heavy atom. The fourth-order valence-corrected chi connectivity index (χ4v) is 3.36. The fraction of sp³-hybridized carbons (Fsp3) is 1.00. The molecule has 0 heterocycles. The van der Waals surface area contributed by atoms with Gasteiger partial charge in [0, 0.05) is 11.8 Å². The summed E-state index contributed by atoms with van der Waals surface area (Å²) in [5.74, 6) is 0.793. The van der Waals surface area contributed by atoms with Gasteiger partial charge in [-0.1, -0.05) is 12.8 Å². The van der Waals surface area contributed by atoms with Crippen LogP contribution in [0.2, 0.25) is 0 Å². The highest BCUT2D eigenvalue weighted by molar-refractivity contribution is 14.1. The third-order valence-electron chi connectivity index (χ3n) is 3.02. The van der Waals surface area contributed by atoms with Crippen LogP contribution in [-0.2, 0) is 0 Å². The number of rotatable bonds is 2. The monoisotopic (exact) mass is 268 g/mol. The van der Waals surface area contributed by atoms with Crippen molar-refractivity contribution < 1.29 is 4.39 Å². The van der Waals surface area contributed by atoms with Crippen molar-refractivity contribution in [3.63, 3.8) is 0 Å². The van der Waals surface area contributed by atoms with Gasteiger partial charge in [-0.15, -0.1) is 0 Å².